The zero-order chi connectivity index (χ0) is 22.0. The highest BCUT2D eigenvalue weighted by atomic mass is 16.2. The lowest BCUT2D eigenvalue weighted by atomic mass is 10.1. The van der Waals surface area contributed by atoms with E-state index in [-0.39, 0.29) is 11.8 Å². The van der Waals surface area contributed by atoms with Crippen LogP contribution in [-0.4, -0.2) is 39.0 Å². The van der Waals surface area contributed by atoms with Crippen LogP contribution in [0, 0.1) is 13.8 Å². The van der Waals surface area contributed by atoms with Gasteiger partial charge < -0.3 is 16.0 Å². The van der Waals surface area contributed by atoms with Gasteiger partial charge in [0.15, 0.2) is 5.82 Å². The van der Waals surface area contributed by atoms with E-state index in [1.807, 2.05) is 45.2 Å². The Morgan fingerprint density at radius 2 is 2.03 bits per heavy atom. The third-order valence-electron chi connectivity index (χ3n) is 5.52. The second-order valence-electron chi connectivity index (χ2n) is 8.11. The number of carbonyl (C=O) groups is 2. The summed E-state index contributed by atoms with van der Waals surface area (Å²) in [4.78, 5) is 29.1. The third-order valence-corrected chi connectivity index (χ3v) is 5.52. The number of benzene rings is 1. The Hall–Kier alpha value is -3.42. The van der Waals surface area contributed by atoms with Gasteiger partial charge >= 0.3 is 0 Å². The molecule has 1 aliphatic carbocycles. The van der Waals surface area contributed by atoms with E-state index in [9.17, 15) is 9.59 Å². The Morgan fingerprint density at radius 3 is 2.77 bits per heavy atom. The number of aryl methyl sites for hydroxylation is 2. The number of rotatable bonds is 8. The summed E-state index contributed by atoms with van der Waals surface area (Å²) in [5, 5.41) is 13.6. The van der Waals surface area contributed by atoms with Crippen LogP contribution in [0.4, 0.5) is 11.5 Å². The van der Waals surface area contributed by atoms with Crippen molar-refractivity contribution in [3.63, 3.8) is 0 Å². The number of amides is 2. The molecule has 0 bridgehead atoms. The van der Waals surface area contributed by atoms with Gasteiger partial charge in [0.05, 0.1) is 6.42 Å². The predicted molar refractivity (Wildman–Crippen MR) is 120 cm³/mol. The maximum absolute atomic E-state index is 12.5. The normalized spacial score (nSPS) is 13.3. The molecular formula is C23H28N6O2. The maximum atomic E-state index is 12.5. The molecular weight excluding hydrogens is 392 g/mol. The smallest absolute Gasteiger partial charge is 0.251 e. The number of nitrogens with one attached hydrogen (secondary N) is 3. The molecule has 1 saturated carbocycles. The van der Waals surface area contributed by atoms with Gasteiger partial charge in [0.1, 0.15) is 11.8 Å². The van der Waals surface area contributed by atoms with E-state index >= 15 is 0 Å². The predicted octanol–water partition coefficient (Wildman–Crippen LogP) is 3.05. The molecule has 31 heavy (non-hydrogen) atoms. The van der Waals surface area contributed by atoms with Crippen molar-refractivity contribution in [2.24, 2.45) is 0 Å². The van der Waals surface area contributed by atoms with Crippen molar-refractivity contribution in [1.29, 1.82) is 0 Å². The highest BCUT2D eigenvalue weighted by molar-refractivity contribution is 5.96. The summed E-state index contributed by atoms with van der Waals surface area (Å²) in [6.07, 6.45) is 6.65. The molecule has 0 aliphatic heterocycles. The zero-order valence-corrected chi connectivity index (χ0v) is 18.2. The molecule has 0 atom stereocenters. The van der Waals surface area contributed by atoms with Crippen LogP contribution >= 0.6 is 0 Å². The molecule has 0 radical (unpaired) electrons. The Balaban J connectivity index is 1.61. The minimum Gasteiger partial charge on any atom is -0.356 e. The van der Waals surface area contributed by atoms with Crippen LogP contribution in [0.15, 0.2) is 30.7 Å². The summed E-state index contributed by atoms with van der Waals surface area (Å²) in [5.74, 6) is 0.571. The van der Waals surface area contributed by atoms with Gasteiger partial charge in [-0.2, -0.15) is 5.10 Å². The number of hydrogen-bond donors (Lipinski definition) is 3. The molecule has 8 heteroatoms. The Labute approximate surface area is 181 Å². The highest BCUT2D eigenvalue weighted by Gasteiger charge is 2.24. The molecule has 0 spiro atoms. The van der Waals surface area contributed by atoms with Gasteiger partial charge in [0.2, 0.25) is 5.91 Å². The van der Waals surface area contributed by atoms with Crippen LogP contribution in [0.5, 0.6) is 0 Å². The monoisotopic (exact) mass is 420 g/mol. The number of hydrogen-bond acceptors (Lipinski definition) is 5. The van der Waals surface area contributed by atoms with Crippen LogP contribution < -0.4 is 16.0 Å². The maximum Gasteiger partial charge on any atom is 0.251 e. The molecule has 1 fully saturated rings. The summed E-state index contributed by atoms with van der Waals surface area (Å²) in [6.45, 7) is 6.65. The number of nitrogens with zero attached hydrogens (tertiary/aromatic N) is 3. The fourth-order valence-electron chi connectivity index (χ4n) is 3.50. The molecule has 0 saturated heterocycles. The number of aromatic nitrogens is 3. The average Bonchev–Trinajstić information content (AvgIpc) is 3.51. The van der Waals surface area contributed by atoms with E-state index in [0.29, 0.717) is 30.4 Å². The lowest BCUT2D eigenvalue weighted by Gasteiger charge is -2.12. The summed E-state index contributed by atoms with van der Waals surface area (Å²) < 4.78 is 1.74. The number of fused-ring (bicyclic) bond motifs is 1. The minimum atomic E-state index is -0.0578. The second kappa shape index (κ2) is 8.75. The first-order valence-electron chi connectivity index (χ1n) is 10.7. The SMILES string of the molecule is CCCNC(=O)Cc1cn2ncnc(Nc3cc(C(=O)NC4CC4)ccc3C)c2c1C. The largest absolute Gasteiger partial charge is 0.356 e. The van der Waals surface area contributed by atoms with Gasteiger partial charge in [-0.3, -0.25) is 9.59 Å². The van der Waals surface area contributed by atoms with Gasteiger partial charge in [-0.05, 0) is 61.9 Å². The molecule has 4 rings (SSSR count). The van der Waals surface area contributed by atoms with Crippen molar-refractivity contribution >= 4 is 28.8 Å². The standard InChI is InChI=1S/C23H28N6O2/c1-4-9-24-20(30)11-17-12-29-21(15(17)3)22(25-13-26-29)28-19-10-16(6-5-14(19)2)23(31)27-18-7-8-18/h5-6,10,12-13,18H,4,7-9,11H2,1-3H3,(H,24,30)(H,27,31)(H,25,26,28). The van der Waals surface area contributed by atoms with E-state index in [0.717, 1.165) is 47.2 Å². The van der Waals surface area contributed by atoms with Crippen LogP contribution in [-0.2, 0) is 11.2 Å². The molecule has 1 aliphatic rings. The average molecular weight is 421 g/mol. The third kappa shape index (κ3) is 4.68. The molecule has 1 aromatic carbocycles. The first kappa shape index (κ1) is 20.8. The van der Waals surface area contributed by atoms with Crippen molar-refractivity contribution in [3.8, 4) is 0 Å². The molecule has 2 amide bonds. The molecule has 8 nitrogen and oxygen atoms in total. The summed E-state index contributed by atoms with van der Waals surface area (Å²) >= 11 is 0. The van der Waals surface area contributed by atoms with Crippen LogP contribution in [0.1, 0.15) is 53.2 Å². The fraction of sp³-hybridized carbons (Fsp3) is 0.391. The second-order valence-corrected chi connectivity index (χ2v) is 8.11. The topological polar surface area (TPSA) is 100 Å². The van der Waals surface area contributed by atoms with Gasteiger partial charge in [-0.25, -0.2) is 9.50 Å². The summed E-state index contributed by atoms with van der Waals surface area (Å²) in [5.41, 5.74) is 5.11. The molecule has 162 valence electrons. The summed E-state index contributed by atoms with van der Waals surface area (Å²) in [7, 11) is 0. The van der Waals surface area contributed by atoms with Crippen molar-refractivity contribution in [2.75, 3.05) is 11.9 Å². The molecule has 2 heterocycles. The van der Waals surface area contributed by atoms with Gasteiger partial charge in [-0.1, -0.05) is 13.0 Å². The van der Waals surface area contributed by atoms with Crippen LogP contribution in [0.25, 0.3) is 5.52 Å². The molecule has 3 aromatic rings. The van der Waals surface area contributed by atoms with E-state index in [1.165, 1.54) is 6.33 Å². The zero-order valence-electron chi connectivity index (χ0n) is 18.2. The van der Waals surface area contributed by atoms with Crippen molar-refractivity contribution < 1.29 is 9.59 Å². The lowest BCUT2D eigenvalue weighted by molar-refractivity contribution is -0.120. The quantitative estimate of drug-likeness (QED) is 0.520. The minimum absolute atomic E-state index is 0.00598. The first-order chi connectivity index (χ1) is 15.0. The van der Waals surface area contributed by atoms with Crippen molar-refractivity contribution in [2.45, 2.75) is 52.5 Å². The molecule has 3 N–H and O–H groups in total. The Bertz CT molecular complexity index is 1130. The van der Waals surface area contributed by atoms with E-state index in [1.54, 1.807) is 4.52 Å². The van der Waals surface area contributed by atoms with Crippen LogP contribution in [0.3, 0.4) is 0 Å². The van der Waals surface area contributed by atoms with Crippen molar-refractivity contribution in [1.82, 2.24) is 25.2 Å². The molecule has 2 aromatic heterocycles. The molecule has 0 unspecified atom stereocenters. The van der Waals surface area contributed by atoms with Gasteiger partial charge in [0, 0.05) is 30.0 Å². The van der Waals surface area contributed by atoms with E-state index in [2.05, 4.69) is 26.0 Å². The van der Waals surface area contributed by atoms with Gasteiger partial charge in [0.25, 0.3) is 5.91 Å². The Kier molecular flexibility index (Phi) is 5.88. The fourth-order valence-corrected chi connectivity index (χ4v) is 3.50. The van der Waals surface area contributed by atoms with Gasteiger partial charge in [-0.15, -0.1) is 0 Å². The first-order valence-corrected chi connectivity index (χ1v) is 10.7. The van der Waals surface area contributed by atoms with Crippen molar-refractivity contribution in [3.05, 3.63) is 53.0 Å². The number of anilines is 2. The van der Waals surface area contributed by atoms with Crippen LogP contribution in [0.2, 0.25) is 0 Å². The number of carbonyl (C=O) groups excluding carboxylic acids is 2. The Morgan fingerprint density at radius 1 is 1.23 bits per heavy atom. The lowest BCUT2D eigenvalue weighted by Crippen LogP contribution is -2.25. The van der Waals surface area contributed by atoms with E-state index < -0.39 is 0 Å². The summed E-state index contributed by atoms with van der Waals surface area (Å²) in [6, 6.07) is 5.92. The van der Waals surface area contributed by atoms with E-state index in [4.69, 9.17) is 0 Å². The highest BCUT2D eigenvalue weighted by Crippen LogP contribution is 2.28.